The smallest absolute Gasteiger partial charge is 0.222 e. The van der Waals surface area contributed by atoms with Crippen LogP contribution in [0.15, 0.2) is 16.5 Å². The first kappa shape index (κ1) is 16.2. The maximum Gasteiger partial charge on any atom is 0.222 e. The molecule has 0 aromatic carbocycles. The van der Waals surface area contributed by atoms with Crippen molar-refractivity contribution >= 4 is 5.91 Å². The quantitative estimate of drug-likeness (QED) is 0.847. The Bertz CT molecular complexity index is 580. The van der Waals surface area contributed by atoms with Gasteiger partial charge in [0.15, 0.2) is 0 Å². The Balaban J connectivity index is 1.36. The van der Waals surface area contributed by atoms with E-state index in [-0.39, 0.29) is 0 Å². The lowest BCUT2D eigenvalue weighted by molar-refractivity contribution is -0.142. The molecule has 1 aliphatic carbocycles. The first-order valence-electron chi connectivity index (χ1n) is 9.71. The van der Waals surface area contributed by atoms with Gasteiger partial charge in [0.25, 0.3) is 0 Å². The molecule has 2 aliphatic heterocycles. The molecule has 1 aromatic heterocycles. The number of piperidine rings is 2. The van der Waals surface area contributed by atoms with Crippen molar-refractivity contribution in [1.29, 1.82) is 0 Å². The van der Waals surface area contributed by atoms with Crippen LogP contribution in [0.4, 0.5) is 0 Å². The van der Waals surface area contributed by atoms with E-state index in [1.165, 1.54) is 38.5 Å². The van der Waals surface area contributed by atoms with E-state index in [2.05, 4.69) is 15.9 Å². The largest absolute Gasteiger partial charge is 0.465 e. The van der Waals surface area contributed by atoms with Crippen molar-refractivity contribution < 1.29 is 9.21 Å². The molecule has 3 aliphatic rings. The Kier molecular flexibility index (Phi) is 4.42. The molecule has 1 aromatic rings. The highest BCUT2D eigenvalue weighted by molar-refractivity contribution is 5.77. The van der Waals surface area contributed by atoms with Crippen LogP contribution in [0.1, 0.15) is 62.9 Å². The molecule has 4 heteroatoms. The van der Waals surface area contributed by atoms with Crippen LogP contribution in [0.3, 0.4) is 0 Å². The zero-order valence-corrected chi connectivity index (χ0v) is 14.9. The van der Waals surface area contributed by atoms with Gasteiger partial charge in [-0.15, -0.1) is 0 Å². The monoisotopic (exact) mass is 330 g/mol. The van der Waals surface area contributed by atoms with E-state index in [4.69, 9.17) is 4.42 Å². The van der Waals surface area contributed by atoms with E-state index < -0.39 is 0 Å². The van der Waals surface area contributed by atoms with Crippen LogP contribution in [0.25, 0.3) is 0 Å². The number of carbonyl (C=O) groups excluding carboxylic acids is 1. The first-order valence-corrected chi connectivity index (χ1v) is 9.71. The van der Waals surface area contributed by atoms with Crippen LogP contribution >= 0.6 is 0 Å². The normalized spacial score (nSPS) is 25.7. The third-order valence-electron chi connectivity index (χ3n) is 6.55. The van der Waals surface area contributed by atoms with Crippen LogP contribution in [-0.4, -0.2) is 41.4 Å². The number of aryl methyl sites for hydroxylation is 1. The number of likely N-dealkylation sites (tertiary alicyclic amines) is 2. The van der Waals surface area contributed by atoms with E-state index in [9.17, 15) is 4.79 Å². The van der Waals surface area contributed by atoms with Crippen LogP contribution < -0.4 is 0 Å². The highest BCUT2D eigenvalue weighted by Gasteiger charge is 2.43. The number of amides is 1. The summed E-state index contributed by atoms with van der Waals surface area (Å²) in [6.45, 7) is 6.21. The molecule has 24 heavy (non-hydrogen) atoms. The molecular formula is C20H30N2O2. The van der Waals surface area contributed by atoms with Crippen LogP contribution in [0.2, 0.25) is 0 Å². The molecule has 3 heterocycles. The van der Waals surface area contributed by atoms with Gasteiger partial charge in [-0.1, -0.05) is 12.8 Å². The van der Waals surface area contributed by atoms with Gasteiger partial charge in [0.2, 0.25) is 5.91 Å². The fourth-order valence-corrected chi connectivity index (χ4v) is 4.98. The fourth-order valence-electron chi connectivity index (χ4n) is 4.98. The van der Waals surface area contributed by atoms with Crippen molar-refractivity contribution in [3.8, 4) is 0 Å². The molecule has 1 spiro atoms. The van der Waals surface area contributed by atoms with Crippen LogP contribution in [-0.2, 0) is 11.3 Å². The molecule has 0 atom stereocenters. The highest BCUT2D eigenvalue weighted by Crippen LogP contribution is 2.42. The molecule has 3 fully saturated rings. The molecule has 1 saturated carbocycles. The average Bonchev–Trinajstić information content (AvgIpc) is 3.24. The van der Waals surface area contributed by atoms with E-state index in [1.54, 1.807) is 0 Å². The number of rotatable bonds is 3. The SMILES string of the molecule is Cc1ccc(CN2CCC3(CCC(=O)N(C4CCCC4)C3)CC2)o1. The summed E-state index contributed by atoms with van der Waals surface area (Å²) in [7, 11) is 0. The number of hydrogen-bond acceptors (Lipinski definition) is 3. The molecule has 132 valence electrons. The maximum atomic E-state index is 12.4. The van der Waals surface area contributed by atoms with Gasteiger partial charge >= 0.3 is 0 Å². The van der Waals surface area contributed by atoms with E-state index in [0.717, 1.165) is 50.5 Å². The van der Waals surface area contributed by atoms with Gasteiger partial charge in [0.05, 0.1) is 6.54 Å². The predicted octanol–water partition coefficient (Wildman–Crippen LogP) is 3.74. The summed E-state index contributed by atoms with van der Waals surface area (Å²) in [4.78, 5) is 17.2. The maximum absolute atomic E-state index is 12.4. The van der Waals surface area contributed by atoms with E-state index in [1.807, 2.05) is 13.0 Å². The molecule has 4 rings (SSSR count). The topological polar surface area (TPSA) is 36.7 Å². The molecule has 0 bridgehead atoms. The Morgan fingerprint density at radius 2 is 1.92 bits per heavy atom. The second kappa shape index (κ2) is 6.55. The van der Waals surface area contributed by atoms with Crippen molar-refractivity contribution in [2.24, 2.45) is 5.41 Å². The molecule has 2 saturated heterocycles. The minimum atomic E-state index is 0.381. The summed E-state index contributed by atoms with van der Waals surface area (Å²) < 4.78 is 5.73. The third kappa shape index (κ3) is 3.26. The van der Waals surface area contributed by atoms with Gasteiger partial charge in [0.1, 0.15) is 11.5 Å². The van der Waals surface area contributed by atoms with Crippen LogP contribution in [0.5, 0.6) is 0 Å². The van der Waals surface area contributed by atoms with Gasteiger partial charge < -0.3 is 9.32 Å². The number of carbonyl (C=O) groups is 1. The lowest BCUT2D eigenvalue weighted by Crippen LogP contribution is -2.53. The molecule has 4 nitrogen and oxygen atoms in total. The summed E-state index contributed by atoms with van der Waals surface area (Å²) in [5.41, 5.74) is 0.381. The van der Waals surface area contributed by atoms with Gasteiger partial charge in [0, 0.05) is 19.0 Å². The summed E-state index contributed by atoms with van der Waals surface area (Å²) in [6.07, 6.45) is 9.39. The van der Waals surface area contributed by atoms with E-state index >= 15 is 0 Å². The molecule has 0 radical (unpaired) electrons. The second-order valence-electron chi connectivity index (χ2n) is 8.25. The zero-order chi connectivity index (χ0) is 16.6. The number of hydrogen-bond donors (Lipinski definition) is 0. The van der Waals surface area contributed by atoms with Gasteiger partial charge in [-0.05, 0) is 69.7 Å². The lowest BCUT2D eigenvalue weighted by Gasteiger charge is -2.49. The number of furan rings is 1. The Labute approximate surface area is 145 Å². The average molecular weight is 330 g/mol. The lowest BCUT2D eigenvalue weighted by atomic mass is 9.72. The molecule has 1 amide bonds. The number of nitrogens with zero attached hydrogens (tertiary/aromatic N) is 2. The van der Waals surface area contributed by atoms with Crippen LogP contribution in [0, 0.1) is 12.3 Å². The minimum absolute atomic E-state index is 0.381. The molecule has 0 N–H and O–H groups in total. The third-order valence-corrected chi connectivity index (χ3v) is 6.55. The van der Waals surface area contributed by atoms with Crippen molar-refractivity contribution in [3.05, 3.63) is 23.7 Å². The predicted molar refractivity (Wildman–Crippen MR) is 93.6 cm³/mol. The standard InChI is InChI=1S/C20H30N2O2/c1-16-6-7-18(24-16)14-21-12-10-20(11-13-21)9-8-19(23)22(15-20)17-4-2-3-5-17/h6-7,17H,2-5,8-15H2,1H3. The van der Waals surface area contributed by atoms with Gasteiger partial charge in [-0.2, -0.15) is 0 Å². The Hall–Kier alpha value is -1.29. The Morgan fingerprint density at radius 3 is 2.58 bits per heavy atom. The molecular weight excluding hydrogens is 300 g/mol. The minimum Gasteiger partial charge on any atom is -0.465 e. The Morgan fingerprint density at radius 1 is 1.17 bits per heavy atom. The summed E-state index contributed by atoms with van der Waals surface area (Å²) in [5.74, 6) is 2.49. The second-order valence-corrected chi connectivity index (χ2v) is 8.25. The van der Waals surface area contributed by atoms with E-state index in [0.29, 0.717) is 17.4 Å². The summed E-state index contributed by atoms with van der Waals surface area (Å²) in [6, 6.07) is 4.69. The molecule has 0 unspecified atom stereocenters. The van der Waals surface area contributed by atoms with Gasteiger partial charge in [-0.3, -0.25) is 9.69 Å². The summed E-state index contributed by atoms with van der Waals surface area (Å²) in [5, 5.41) is 0. The van der Waals surface area contributed by atoms with Crippen molar-refractivity contribution in [3.63, 3.8) is 0 Å². The van der Waals surface area contributed by atoms with Crippen molar-refractivity contribution in [2.45, 2.75) is 70.9 Å². The first-order chi connectivity index (χ1) is 11.6. The zero-order valence-electron chi connectivity index (χ0n) is 14.9. The fraction of sp³-hybridized carbons (Fsp3) is 0.750. The van der Waals surface area contributed by atoms with Crippen molar-refractivity contribution in [1.82, 2.24) is 9.80 Å². The highest BCUT2D eigenvalue weighted by atomic mass is 16.3. The van der Waals surface area contributed by atoms with Crippen molar-refractivity contribution in [2.75, 3.05) is 19.6 Å². The van der Waals surface area contributed by atoms with Gasteiger partial charge in [-0.25, -0.2) is 0 Å². The summed E-state index contributed by atoms with van der Waals surface area (Å²) >= 11 is 0.